The first-order valence-electron chi connectivity index (χ1n) is 8.93. The van der Waals surface area contributed by atoms with E-state index in [0.29, 0.717) is 39.0 Å². The van der Waals surface area contributed by atoms with Crippen molar-refractivity contribution in [3.8, 4) is 0 Å². The van der Waals surface area contributed by atoms with Crippen molar-refractivity contribution in [3.63, 3.8) is 0 Å². The Morgan fingerprint density at radius 1 is 1.10 bits per heavy atom. The number of hydrogen-bond acceptors (Lipinski definition) is 4. The first-order chi connectivity index (χ1) is 13.9. The number of benzene rings is 1. The molecule has 1 amide bonds. The van der Waals surface area contributed by atoms with Gasteiger partial charge in [-0.05, 0) is 50.2 Å². The number of anilines is 1. The summed E-state index contributed by atoms with van der Waals surface area (Å²) < 4.78 is 1.75. The Morgan fingerprint density at radius 3 is 2.59 bits per heavy atom. The first-order valence-corrected chi connectivity index (χ1v) is 9.69. The maximum atomic E-state index is 12.7. The second-order valence-corrected chi connectivity index (χ2v) is 7.47. The number of nitrogens with zero attached hydrogens (tertiary/aromatic N) is 4. The second-order valence-electron chi connectivity index (χ2n) is 6.66. The fourth-order valence-corrected chi connectivity index (χ4v) is 3.60. The fourth-order valence-electron chi connectivity index (χ4n) is 3.12. The summed E-state index contributed by atoms with van der Waals surface area (Å²) in [5.74, 6) is -0.348. The molecule has 3 aromatic heterocycles. The van der Waals surface area contributed by atoms with Crippen molar-refractivity contribution < 1.29 is 4.79 Å². The van der Waals surface area contributed by atoms with Gasteiger partial charge in [0.25, 0.3) is 5.91 Å². The molecule has 3 heterocycles. The van der Waals surface area contributed by atoms with E-state index in [9.17, 15) is 4.79 Å². The van der Waals surface area contributed by atoms with Gasteiger partial charge >= 0.3 is 0 Å². The van der Waals surface area contributed by atoms with Gasteiger partial charge in [0.05, 0.1) is 33.9 Å². The van der Waals surface area contributed by atoms with Crippen molar-refractivity contribution in [3.05, 3.63) is 81.4 Å². The fraction of sp³-hybridized carbons (Fsp3) is 0.143. The van der Waals surface area contributed by atoms with Crippen LogP contribution in [0.1, 0.15) is 27.4 Å². The highest BCUT2D eigenvalue weighted by Crippen LogP contribution is 2.29. The molecule has 0 aliphatic heterocycles. The molecule has 146 valence electrons. The van der Waals surface area contributed by atoms with Crippen LogP contribution >= 0.6 is 23.2 Å². The molecule has 4 aromatic rings. The molecule has 1 N–H and O–H groups in total. The first kappa shape index (κ1) is 19.4. The third kappa shape index (κ3) is 3.95. The number of carbonyl (C=O) groups excluding carboxylic acids is 1. The number of pyridine rings is 2. The molecule has 6 nitrogen and oxygen atoms in total. The number of halogens is 2. The van der Waals surface area contributed by atoms with Crippen LogP contribution in [0.4, 0.5) is 5.69 Å². The Hall–Kier alpha value is -2.96. The smallest absolute Gasteiger partial charge is 0.258 e. The summed E-state index contributed by atoms with van der Waals surface area (Å²) >= 11 is 12.5. The maximum Gasteiger partial charge on any atom is 0.258 e. The molecular weight excluding hydrogens is 409 g/mol. The van der Waals surface area contributed by atoms with Crippen LogP contribution in [-0.2, 0) is 6.54 Å². The molecule has 0 fully saturated rings. The van der Waals surface area contributed by atoms with Gasteiger partial charge in [-0.1, -0.05) is 29.3 Å². The number of rotatable bonds is 4. The van der Waals surface area contributed by atoms with Gasteiger partial charge in [-0.3, -0.25) is 9.78 Å². The summed E-state index contributed by atoms with van der Waals surface area (Å²) in [5.41, 5.74) is 4.02. The SMILES string of the molecule is Cc1cccc(Cn2nc(C)c3c(Cl)c(C(=O)Nc4ccc(Cl)cc4)cnc32)n1. The molecule has 8 heteroatoms. The minimum absolute atomic E-state index is 0.283. The van der Waals surface area contributed by atoms with E-state index in [1.807, 2.05) is 32.0 Å². The monoisotopic (exact) mass is 425 g/mol. The largest absolute Gasteiger partial charge is 0.322 e. The third-order valence-corrected chi connectivity index (χ3v) is 5.12. The highest BCUT2D eigenvalue weighted by Gasteiger charge is 2.20. The summed E-state index contributed by atoms with van der Waals surface area (Å²) in [6.07, 6.45) is 1.47. The zero-order valence-electron chi connectivity index (χ0n) is 15.8. The van der Waals surface area contributed by atoms with Crippen LogP contribution in [-0.4, -0.2) is 25.7 Å². The standard InChI is InChI=1S/C21H17Cl2N5O/c1-12-4-3-5-16(25-12)11-28-20-18(13(2)27-28)19(23)17(10-24-20)21(29)26-15-8-6-14(22)7-9-15/h3-10H,11H2,1-2H3,(H,26,29). The Morgan fingerprint density at radius 2 is 1.86 bits per heavy atom. The molecule has 0 aliphatic carbocycles. The Bertz CT molecular complexity index is 1220. The quantitative estimate of drug-likeness (QED) is 0.496. The van der Waals surface area contributed by atoms with Crippen molar-refractivity contribution in [2.75, 3.05) is 5.32 Å². The van der Waals surface area contributed by atoms with Gasteiger partial charge in [-0.25, -0.2) is 9.67 Å². The van der Waals surface area contributed by atoms with Crippen molar-refractivity contribution in [1.29, 1.82) is 0 Å². The molecule has 0 unspecified atom stereocenters. The van der Waals surface area contributed by atoms with Crippen LogP contribution in [0.3, 0.4) is 0 Å². The average Bonchev–Trinajstić information content (AvgIpc) is 3.00. The predicted octanol–water partition coefficient (Wildman–Crippen LogP) is 5.05. The van der Waals surface area contributed by atoms with Gasteiger partial charge < -0.3 is 5.32 Å². The van der Waals surface area contributed by atoms with Crippen LogP contribution in [0.15, 0.2) is 48.7 Å². The molecule has 0 atom stereocenters. The molecule has 0 aliphatic rings. The van der Waals surface area contributed by atoms with Gasteiger partial charge in [0, 0.05) is 22.6 Å². The van der Waals surface area contributed by atoms with E-state index in [1.165, 1.54) is 6.20 Å². The lowest BCUT2D eigenvalue weighted by Gasteiger charge is -2.08. The number of hydrogen-bond donors (Lipinski definition) is 1. The third-order valence-electron chi connectivity index (χ3n) is 4.48. The summed E-state index contributed by atoms with van der Waals surface area (Å²) in [7, 11) is 0. The van der Waals surface area contributed by atoms with E-state index in [0.717, 1.165) is 11.4 Å². The minimum Gasteiger partial charge on any atom is -0.322 e. The lowest BCUT2D eigenvalue weighted by molar-refractivity contribution is 0.102. The van der Waals surface area contributed by atoms with E-state index < -0.39 is 0 Å². The molecule has 0 saturated carbocycles. The van der Waals surface area contributed by atoms with Crippen molar-refractivity contribution >= 4 is 45.8 Å². The van der Waals surface area contributed by atoms with E-state index in [4.69, 9.17) is 23.2 Å². The normalized spacial score (nSPS) is 11.0. The van der Waals surface area contributed by atoms with E-state index in [1.54, 1.807) is 28.9 Å². The Balaban J connectivity index is 1.67. The Labute approximate surface area is 177 Å². The van der Waals surface area contributed by atoms with Crippen LogP contribution in [0, 0.1) is 13.8 Å². The molecule has 29 heavy (non-hydrogen) atoms. The highest BCUT2D eigenvalue weighted by atomic mass is 35.5. The summed E-state index contributed by atoms with van der Waals surface area (Å²) in [6.45, 7) is 4.25. The van der Waals surface area contributed by atoms with Gasteiger partial charge in [0.2, 0.25) is 0 Å². The summed E-state index contributed by atoms with van der Waals surface area (Å²) in [4.78, 5) is 21.7. The molecular formula is C21H17Cl2N5O. The van der Waals surface area contributed by atoms with Gasteiger partial charge in [0.1, 0.15) is 0 Å². The van der Waals surface area contributed by atoms with Gasteiger partial charge in [-0.2, -0.15) is 5.10 Å². The summed E-state index contributed by atoms with van der Waals surface area (Å²) in [5, 5.41) is 8.93. The number of nitrogens with one attached hydrogen (secondary N) is 1. The molecule has 1 aromatic carbocycles. The molecule has 0 saturated heterocycles. The zero-order valence-corrected chi connectivity index (χ0v) is 17.3. The second kappa shape index (κ2) is 7.81. The number of aryl methyl sites for hydroxylation is 2. The average molecular weight is 426 g/mol. The van der Waals surface area contributed by atoms with Crippen molar-refractivity contribution in [2.45, 2.75) is 20.4 Å². The number of aromatic nitrogens is 4. The van der Waals surface area contributed by atoms with Crippen LogP contribution < -0.4 is 5.32 Å². The number of carbonyl (C=O) groups is 1. The molecule has 0 spiro atoms. The zero-order chi connectivity index (χ0) is 20.5. The highest BCUT2D eigenvalue weighted by molar-refractivity contribution is 6.39. The summed E-state index contributed by atoms with van der Waals surface area (Å²) in [6, 6.07) is 12.7. The number of fused-ring (bicyclic) bond motifs is 1. The lowest BCUT2D eigenvalue weighted by atomic mass is 10.2. The number of amides is 1. The minimum atomic E-state index is -0.348. The topological polar surface area (TPSA) is 72.7 Å². The molecule has 0 bridgehead atoms. The van der Waals surface area contributed by atoms with Crippen molar-refractivity contribution in [1.82, 2.24) is 19.7 Å². The Kier molecular flexibility index (Phi) is 5.22. The molecule has 0 radical (unpaired) electrons. The van der Waals surface area contributed by atoms with Gasteiger partial charge in [0.15, 0.2) is 5.65 Å². The lowest BCUT2D eigenvalue weighted by Crippen LogP contribution is -2.13. The van der Waals surface area contributed by atoms with Crippen LogP contribution in [0.25, 0.3) is 11.0 Å². The van der Waals surface area contributed by atoms with Crippen molar-refractivity contribution in [2.24, 2.45) is 0 Å². The van der Waals surface area contributed by atoms with E-state index >= 15 is 0 Å². The van der Waals surface area contributed by atoms with Crippen LogP contribution in [0.2, 0.25) is 10.0 Å². The van der Waals surface area contributed by atoms with E-state index in [2.05, 4.69) is 20.4 Å². The van der Waals surface area contributed by atoms with Crippen LogP contribution in [0.5, 0.6) is 0 Å². The maximum absolute atomic E-state index is 12.7. The van der Waals surface area contributed by atoms with Gasteiger partial charge in [-0.15, -0.1) is 0 Å². The predicted molar refractivity (Wildman–Crippen MR) is 115 cm³/mol. The molecule has 4 rings (SSSR count). The van der Waals surface area contributed by atoms with E-state index in [-0.39, 0.29) is 11.5 Å².